The highest BCUT2D eigenvalue weighted by Crippen LogP contribution is 2.19. The number of aliphatic hydroxyl groups is 1. The van der Waals surface area contributed by atoms with Crippen LogP contribution in [0.15, 0.2) is 18.2 Å². The van der Waals surface area contributed by atoms with Crippen molar-refractivity contribution < 1.29 is 27.1 Å². The molecule has 1 aliphatic rings. The molecule has 0 unspecified atom stereocenters. The number of amides is 1. The van der Waals surface area contributed by atoms with E-state index in [-0.39, 0.29) is 43.3 Å². The maximum atomic E-state index is 13.6. The average molecular weight is 563 g/mol. The number of rotatable bonds is 15. The lowest BCUT2D eigenvalue weighted by Gasteiger charge is -2.27. The molecule has 1 aromatic rings. The lowest BCUT2D eigenvalue weighted by atomic mass is 10.00. The SMILES string of the molecule is CCCC(CCC)S(=O)(=O)C[C@@H](N)C(=O)N[C@@H](Cc1cc(F)cc(F)c1)[C@H](O)CNC1CC1.Cl.Cl. The molecule has 1 saturated carbocycles. The normalized spacial score (nSPS) is 16.1. The number of carbonyl (C=O) groups excluding carboxylic acids is 1. The van der Waals surface area contributed by atoms with Gasteiger partial charge in [0.2, 0.25) is 5.91 Å². The number of aliphatic hydroxyl groups excluding tert-OH is 1. The van der Waals surface area contributed by atoms with E-state index >= 15 is 0 Å². The monoisotopic (exact) mass is 561 g/mol. The van der Waals surface area contributed by atoms with E-state index in [1.165, 1.54) is 0 Å². The van der Waals surface area contributed by atoms with E-state index in [4.69, 9.17) is 5.73 Å². The van der Waals surface area contributed by atoms with Crippen LogP contribution >= 0.6 is 24.8 Å². The molecule has 7 nitrogen and oxygen atoms in total. The first kappa shape index (κ1) is 34.0. The number of hydrogen-bond donors (Lipinski definition) is 4. The second-order valence-corrected chi connectivity index (χ2v) is 11.3. The second-order valence-electron chi connectivity index (χ2n) is 8.98. The summed E-state index contributed by atoms with van der Waals surface area (Å²) in [4.78, 5) is 12.8. The summed E-state index contributed by atoms with van der Waals surface area (Å²) in [6.07, 6.45) is 3.32. The van der Waals surface area contributed by atoms with Crippen LogP contribution in [0.4, 0.5) is 8.78 Å². The molecule has 1 aromatic carbocycles. The topological polar surface area (TPSA) is 122 Å². The summed E-state index contributed by atoms with van der Waals surface area (Å²) >= 11 is 0. The molecule has 1 aliphatic carbocycles. The van der Waals surface area contributed by atoms with Crippen LogP contribution in [0, 0.1) is 11.6 Å². The largest absolute Gasteiger partial charge is 0.390 e. The van der Waals surface area contributed by atoms with Gasteiger partial charge in [0, 0.05) is 18.7 Å². The summed E-state index contributed by atoms with van der Waals surface area (Å²) in [6, 6.07) is 1.10. The fourth-order valence-corrected chi connectivity index (χ4v) is 6.00. The maximum absolute atomic E-state index is 13.6. The predicted octanol–water partition coefficient (Wildman–Crippen LogP) is 2.66. The Balaban J connectivity index is 0.00000578. The summed E-state index contributed by atoms with van der Waals surface area (Å²) < 4.78 is 52.8. The first-order valence-corrected chi connectivity index (χ1v) is 13.4. The second kappa shape index (κ2) is 15.9. The van der Waals surface area contributed by atoms with Crippen molar-refractivity contribution in [2.45, 2.75) is 88.3 Å². The minimum absolute atomic E-state index is 0. The third kappa shape index (κ3) is 11.7. The minimum Gasteiger partial charge on any atom is -0.390 e. The van der Waals surface area contributed by atoms with Gasteiger partial charge in [0.25, 0.3) is 0 Å². The zero-order valence-corrected chi connectivity index (χ0v) is 22.7. The molecular weight excluding hydrogens is 523 g/mol. The summed E-state index contributed by atoms with van der Waals surface area (Å²) in [6.45, 7) is 3.99. The molecule has 2 rings (SSSR count). The van der Waals surface area contributed by atoms with Gasteiger partial charge in [0.15, 0.2) is 9.84 Å². The van der Waals surface area contributed by atoms with Gasteiger partial charge in [0.1, 0.15) is 11.6 Å². The van der Waals surface area contributed by atoms with Crippen LogP contribution in [0.3, 0.4) is 0 Å². The molecule has 0 spiro atoms. The Morgan fingerprint density at radius 3 is 2.14 bits per heavy atom. The van der Waals surface area contributed by atoms with Crippen molar-refractivity contribution in [2.75, 3.05) is 12.3 Å². The van der Waals surface area contributed by atoms with Gasteiger partial charge in [-0.1, -0.05) is 26.7 Å². The Hall–Kier alpha value is -1.04. The van der Waals surface area contributed by atoms with Crippen molar-refractivity contribution in [3.8, 4) is 0 Å². The van der Waals surface area contributed by atoms with E-state index in [1.807, 2.05) is 13.8 Å². The maximum Gasteiger partial charge on any atom is 0.238 e. The van der Waals surface area contributed by atoms with Gasteiger partial charge in [-0.25, -0.2) is 17.2 Å². The number of sulfone groups is 1. The van der Waals surface area contributed by atoms with Crippen molar-refractivity contribution in [1.29, 1.82) is 0 Å². The zero-order valence-electron chi connectivity index (χ0n) is 20.2. The lowest BCUT2D eigenvalue weighted by Crippen LogP contribution is -2.55. The molecule has 0 heterocycles. The third-order valence-electron chi connectivity index (χ3n) is 5.84. The molecule has 1 amide bonds. The summed E-state index contributed by atoms with van der Waals surface area (Å²) in [5, 5.41) is 15.9. The summed E-state index contributed by atoms with van der Waals surface area (Å²) in [5.41, 5.74) is 6.21. The highest BCUT2D eigenvalue weighted by molar-refractivity contribution is 7.92. The van der Waals surface area contributed by atoms with Crippen molar-refractivity contribution in [3.05, 3.63) is 35.4 Å². The predicted molar refractivity (Wildman–Crippen MR) is 139 cm³/mol. The Kier molecular flexibility index (Phi) is 15.5. The summed E-state index contributed by atoms with van der Waals surface area (Å²) in [5.74, 6) is -2.75. The van der Waals surface area contributed by atoms with Crippen molar-refractivity contribution in [2.24, 2.45) is 5.73 Å². The van der Waals surface area contributed by atoms with Crippen LogP contribution in [0.1, 0.15) is 57.9 Å². The molecule has 0 aromatic heterocycles. The van der Waals surface area contributed by atoms with Crippen LogP contribution in [0.2, 0.25) is 0 Å². The van der Waals surface area contributed by atoms with Crippen LogP contribution in [-0.4, -0.2) is 61.2 Å². The van der Waals surface area contributed by atoms with Crippen LogP contribution < -0.4 is 16.4 Å². The van der Waals surface area contributed by atoms with Gasteiger partial charge >= 0.3 is 0 Å². The van der Waals surface area contributed by atoms with E-state index < -0.39 is 56.6 Å². The smallest absolute Gasteiger partial charge is 0.238 e. The van der Waals surface area contributed by atoms with Crippen molar-refractivity contribution in [1.82, 2.24) is 10.6 Å². The van der Waals surface area contributed by atoms with E-state index in [2.05, 4.69) is 10.6 Å². The molecule has 0 saturated heterocycles. The molecule has 204 valence electrons. The molecule has 0 radical (unpaired) electrons. The molecule has 3 atom stereocenters. The first-order chi connectivity index (χ1) is 15.6. The van der Waals surface area contributed by atoms with Gasteiger partial charge < -0.3 is 21.5 Å². The van der Waals surface area contributed by atoms with Gasteiger partial charge in [-0.3, -0.25) is 4.79 Å². The zero-order chi connectivity index (χ0) is 24.6. The Morgan fingerprint density at radius 1 is 1.11 bits per heavy atom. The number of nitrogens with one attached hydrogen (secondary N) is 2. The molecule has 1 fully saturated rings. The van der Waals surface area contributed by atoms with Crippen LogP contribution in [0.5, 0.6) is 0 Å². The molecule has 0 aliphatic heterocycles. The molecule has 5 N–H and O–H groups in total. The quantitative estimate of drug-likeness (QED) is 0.261. The number of carbonyl (C=O) groups is 1. The van der Waals surface area contributed by atoms with E-state index in [0.29, 0.717) is 31.7 Å². The highest BCUT2D eigenvalue weighted by atomic mass is 35.5. The molecule has 0 bridgehead atoms. The molecule has 35 heavy (non-hydrogen) atoms. The van der Waals surface area contributed by atoms with Gasteiger partial charge in [-0.2, -0.15) is 0 Å². The third-order valence-corrected chi connectivity index (χ3v) is 8.15. The highest BCUT2D eigenvalue weighted by Gasteiger charge is 2.32. The van der Waals surface area contributed by atoms with E-state index in [0.717, 1.165) is 31.0 Å². The van der Waals surface area contributed by atoms with Crippen LogP contribution in [-0.2, 0) is 21.1 Å². The average Bonchev–Trinajstić information content (AvgIpc) is 3.54. The van der Waals surface area contributed by atoms with Crippen molar-refractivity contribution in [3.63, 3.8) is 0 Å². The molecule has 12 heteroatoms. The first-order valence-electron chi connectivity index (χ1n) is 11.7. The standard InChI is InChI=1S/C23H37F2N3O4S.2ClH/c1-3-5-19(6-4-2)33(31,32)14-20(26)23(30)28-21(22(29)13-27-18-7-8-18)11-15-9-16(24)12-17(25)10-15;;/h9-10,12,18-22,27,29H,3-8,11,13-14,26H2,1-2H3,(H,28,30);2*1H/t20-,21+,22-;;/m1../s1. The van der Waals surface area contributed by atoms with E-state index in [9.17, 15) is 27.1 Å². The summed E-state index contributed by atoms with van der Waals surface area (Å²) in [7, 11) is -3.59. The Morgan fingerprint density at radius 2 is 1.66 bits per heavy atom. The van der Waals surface area contributed by atoms with Crippen LogP contribution in [0.25, 0.3) is 0 Å². The Bertz CT molecular complexity index is 865. The number of hydrogen-bond acceptors (Lipinski definition) is 6. The number of nitrogens with two attached hydrogens (primary N) is 1. The fourth-order valence-electron chi connectivity index (χ4n) is 3.88. The fraction of sp³-hybridized carbons (Fsp3) is 0.696. The lowest BCUT2D eigenvalue weighted by molar-refractivity contribution is -0.123. The van der Waals surface area contributed by atoms with Crippen molar-refractivity contribution >= 4 is 40.6 Å². The minimum atomic E-state index is -3.59. The van der Waals surface area contributed by atoms with Gasteiger partial charge in [0.05, 0.1) is 29.2 Å². The van der Waals surface area contributed by atoms with Gasteiger partial charge in [-0.05, 0) is 49.8 Å². The number of halogens is 4. The Labute approximate surface area is 219 Å². The number of benzene rings is 1. The molecular formula is C23H39Cl2F2N3O4S. The van der Waals surface area contributed by atoms with Gasteiger partial charge in [-0.15, -0.1) is 24.8 Å². The van der Waals surface area contributed by atoms with E-state index in [1.54, 1.807) is 0 Å².